The first-order chi connectivity index (χ1) is 10.3. The van der Waals surface area contributed by atoms with Gasteiger partial charge in [-0.2, -0.15) is 8.42 Å². The molecule has 22 heavy (non-hydrogen) atoms. The van der Waals surface area contributed by atoms with Gasteiger partial charge in [-0.3, -0.25) is 13.8 Å². The van der Waals surface area contributed by atoms with E-state index >= 15 is 0 Å². The Bertz CT molecular complexity index is 685. The van der Waals surface area contributed by atoms with Crippen LogP contribution in [0.15, 0.2) is 24.3 Å². The van der Waals surface area contributed by atoms with Crippen molar-refractivity contribution in [2.75, 3.05) is 26.5 Å². The smallest absolute Gasteiger partial charge is 0.338 e. The second-order valence-corrected chi connectivity index (χ2v) is 6.22. The molecule has 1 amide bonds. The maximum absolute atomic E-state index is 12.4. The Hall–Kier alpha value is -1.97. The number of hydrogen-bond donors (Lipinski definition) is 0. The Morgan fingerprint density at radius 1 is 1.27 bits per heavy atom. The molecular formula is C13H15NO7S. The standard InChI is InChI=1S/C13H15NO7S/c1-19-13(16)11-6-4-3-5-10(11)12(15)14-7-9(8-20-14)21-22(2,17)18/h3-6,9H,7-8H2,1-2H3/t9-/m1/s1. The molecule has 0 aromatic heterocycles. The number of rotatable bonds is 4. The van der Waals surface area contributed by atoms with Gasteiger partial charge < -0.3 is 4.74 Å². The van der Waals surface area contributed by atoms with Crippen molar-refractivity contribution in [3.05, 3.63) is 35.4 Å². The first kappa shape index (κ1) is 16.4. The normalized spacial score (nSPS) is 18.3. The Balaban J connectivity index is 2.15. The Kier molecular flexibility index (Phi) is 4.79. The fourth-order valence-electron chi connectivity index (χ4n) is 2.00. The molecule has 1 fully saturated rings. The lowest BCUT2D eigenvalue weighted by atomic mass is 10.1. The molecular weight excluding hydrogens is 314 g/mol. The highest BCUT2D eigenvalue weighted by molar-refractivity contribution is 7.86. The van der Waals surface area contributed by atoms with E-state index in [4.69, 9.17) is 9.02 Å². The van der Waals surface area contributed by atoms with E-state index in [1.165, 1.54) is 19.2 Å². The number of hydroxylamine groups is 2. The van der Waals surface area contributed by atoms with E-state index < -0.39 is 28.1 Å². The molecule has 120 valence electrons. The van der Waals surface area contributed by atoms with Gasteiger partial charge in [-0.1, -0.05) is 12.1 Å². The van der Waals surface area contributed by atoms with Crippen molar-refractivity contribution in [3.8, 4) is 0 Å². The molecule has 0 N–H and O–H groups in total. The summed E-state index contributed by atoms with van der Waals surface area (Å²) >= 11 is 0. The third kappa shape index (κ3) is 3.81. The number of benzene rings is 1. The van der Waals surface area contributed by atoms with Crippen LogP contribution in [0.25, 0.3) is 0 Å². The molecule has 0 radical (unpaired) electrons. The summed E-state index contributed by atoms with van der Waals surface area (Å²) in [6.45, 7) is -0.124. The van der Waals surface area contributed by atoms with Crippen LogP contribution in [0.2, 0.25) is 0 Å². The van der Waals surface area contributed by atoms with Crippen molar-refractivity contribution in [1.82, 2.24) is 5.06 Å². The van der Waals surface area contributed by atoms with Gasteiger partial charge in [-0.05, 0) is 12.1 Å². The SMILES string of the molecule is COC(=O)c1ccccc1C(=O)N1C[C@@H](OS(C)(=O)=O)CO1. The zero-order chi connectivity index (χ0) is 16.3. The minimum atomic E-state index is -3.64. The number of carbonyl (C=O) groups is 2. The van der Waals surface area contributed by atoms with Crippen molar-refractivity contribution in [2.24, 2.45) is 0 Å². The molecule has 0 spiro atoms. The number of hydrogen-bond acceptors (Lipinski definition) is 7. The highest BCUT2D eigenvalue weighted by atomic mass is 32.2. The third-order valence-electron chi connectivity index (χ3n) is 2.89. The van der Waals surface area contributed by atoms with Crippen LogP contribution in [-0.4, -0.2) is 58.0 Å². The Morgan fingerprint density at radius 3 is 2.50 bits per heavy atom. The quantitative estimate of drug-likeness (QED) is 0.575. The molecule has 8 nitrogen and oxygen atoms in total. The molecule has 1 heterocycles. The van der Waals surface area contributed by atoms with E-state index in [2.05, 4.69) is 4.74 Å². The molecule has 0 aliphatic carbocycles. The number of amides is 1. The van der Waals surface area contributed by atoms with E-state index in [0.717, 1.165) is 11.3 Å². The number of carbonyl (C=O) groups excluding carboxylic acids is 2. The Labute approximate surface area is 127 Å². The van der Waals surface area contributed by atoms with E-state index in [1.807, 2.05) is 0 Å². The number of esters is 1. The van der Waals surface area contributed by atoms with Gasteiger partial charge in [0, 0.05) is 0 Å². The highest BCUT2D eigenvalue weighted by Gasteiger charge is 2.33. The van der Waals surface area contributed by atoms with Gasteiger partial charge in [0.1, 0.15) is 12.7 Å². The lowest BCUT2D eigenvalue weighted by Crippen LogP contribution is -2.31. The summed E-state index contributed by atoms with van der Waals surface area (Å²) in [5.41, 5.74) is 0.209. The molecule has 2 rings (SSSR count). The minimum absolute atomic E-state index is 0.0542. The number of ether oxygens (including phenoxy) is 1. The van der Waals surface area contributed by atoms with E-state index in [-0.39, 0.29) is 24.3 Å². The minimum Gasteiger partial charge on any atom is -0.465 e. The van der Waals surface area contributed by atoms with E-state index in [1.54, 1.807) is 12.1 Å². The maximum Gasteiger partial charge on any atom is 0.338 e. The van der Waals surface area contributed by atoms with Gasteiger partial charge in [0.05, 0.1) is 31.0 Å². The third-order valence-corrected chi connectivity index (χ3v) is 3.51. The Morgan fingerprint density at radius 2 is 1.91 bits per heavy atom. The van der Waals surface area contributed by atoms with Crippen molar-refractivity contribution in [2.45, 2.75) is 6.10 Å². The zero-order valence-corrected chi connectivity index (χ0v) is 12.8. The van der Waals surface area contributed by atoms with Crippen LogP contribution < -0.4 is 0 Å². The zero-order valence-electron chi connectivity index (χ0n) is 12.0. The summed E-state index contributed by atoms with van der Waals surface area (Å²) in [6, 6.07) is 6.12. The van der Waals surface area contributed by atoms with Crippen molar-refractivity contribution in [1.29, 1.82) is 0 Å². The van der Waals surface area contributed by atoms with Crippen LogP contribution in [0, 0.1) is 0 Å². The second kappa shape index (κ2) is 6.42. The predicted octanol–water partition coefficient (Wildman–Crippen LogP) is 0.205. The summed E-state index contributed by atoms with van der Waals surface area (Å²) in [4.78, 5) is 29.2. The van der Waals surface area contributed by atoms with Gasteiger partial charge >= 0.3 is 5.97 Å². The van der Waals surface area contributed by atoms with Crippen molar-refractivity contribution in [3.63, 3.8) is 0 Å². The van der Waals surface area contributed by atoms with Crippen LogP contribution in [0.1, 0.15) is 20.7 Å². The van der Waals surface area contributed by atoms with Crippen LogP contribution in [0.5, 0.6) is 0 Å². The fourth-order valence-corrected chi connectivity index (χ4v) is 2.61. The lowest BCUT2D eigenvalue weighted by molar-refractivity contribution is -0.0778. The lowest BCUT2D eigenvalue weighted by Gasteiger charge is -2.15. The molecule has 1 aliphatic rings. The summed E-state index contributed by atoms with van der Waals surface area (Å²) in [5, 5.41) is 0.970. The van der Waals surface area contributed by atoms with E-state index in [9.17, 15) is 18.0 Å². The first-order valence-electron chi connectivity index (χ1n) is 6.32. The molecule has 1 aliphatic heterocycles. The van der Waals surface area contributed by atoms with Crippen LogP contribution >= 0.6 is 0 Å². The molecule has 1 aromatic rings. The molecule has 1 aromatic carbocycles. The summed E-state index contributed by atoms with van der Waals surface area (Å²) in [6.07, 6.45) is 0.147. The predicted molar refractivity (Wildman–Crippen MR) is 74.5 cm³/mol. The molecule has 0 saturated carbocycles. The largest absolute Gasteiger partial charge is 0.465 e. The van der Waals surface area contributed by atoms with Gasteiger partial charge in [0.2, 0.25) is 0 Å². The van der Waals surface area contributed by atoms with Gasteiger partial charge in [0.15, 0.2) is 0 Å². The first-order valence-corrected chi connectivity index (χ1v) is 8.14. The summed E-state index contributed by atoms with van der Waals surface area (Å²) in [7, 11) is -2.42. The monoisotopic (exact) mass is 329 g/mol. The highest BCUT2D eigenvalue weighted by Crippen LogP contribution is 2.18. The van der Waals surface area contributed by atoms with Crippen LogP contribution in [0.3, 0.4) is 0 Å². The number of methoxy groups -OCH3 is 1. The number of nitrogens with zero attached hydrogens (tertiary/aromatic N) is 1. The van der Waals surface area contributed by atoms with E-state index in [0.29, 0.717) is 0 Å². The van der Waals surface area contributed by atoms with Crippen molar-refractivity contribution >= 4 is 22.0 Å². The molecule has 9 heteroatoms. The fraction of sp³-hybridized carbons (Fsp3) is 0.385. The summed E-state index contributed by atoms with van der Waals surface area (Å²) in [5.74, 6) is -1.22. The van der Waals surface area contributed by atoms with Crippen molar-refractivity contribution < 1.29 is 31.8 Å². The molecule has 1 atom stereocenters. The van der Waals surface area contributed by atoms with Gasteiger partial charge in [-0.15, -0.1) is 0 Å². The second-order valence-electron chi connectivity index (χ2n) is 4.62. The van der Waals surface area contributed by atoms with Gasteiger partial charge in [-0.25, -0.2) is 9.86 Å². The molecule has 0 bridgehead atoms. The average Bonchev–Trinajstić information content (AvgIpc) is 2.92. The summed E-state index contributed by atoms with van der Waals surface area (Å²) < 4.78 is 31.5. The van der Waals surface area contributed by atoms with Gasteiger partial charge in [0.25, 0.3) is 16.0 Å². The maximum atomic E-state index is 12.4. The molecule has 1 saturated heterocycles. The van der Waals surface area contributed by atoms with Crippen LogP contribution in [0.4, 0.5) is 0 Å². The van der Waals surface area contributed by atoms with Crippen LogP contribution in [-0.2, 0) is 23.9 Å². The molecule has 0 unspecified atom stereocenters. The average molecular weight is 329 g/mol. The topological polar surface area (TPSA) is 99.2 Å².